The van der Waals surface area contributed by atoms with E-state index in [1.807, 2.05) is 43.3 Å². The van der Waals surface area contributed by atoms with Crippen LogP contribution in [0.15, 0.2) is 42.5 Å². The molecule has 5 nitrogen and oxygen atoms in total. The zero-order chi connectivity index (χ0) is 21.5. The smallest absolute Gasteiger partial charge is 0.252 e. The Labute approximate surface area is 184 Å². The van der Waals surface area contributed by atoms with Crippen molar-refractivity contribution in [1.82, 2.24) is 15.5 Å². The lowest BCUT2D eigenvalue weighted by molar-refractivity contribution is -0.145. The number of fused-ring (bicyclic) bond motifs is 4. The molecule has 162 valence electrons. The third-order valence-corrected chi connectivity index (χ3v) is 7.29. The van der Waals surface area contributed by atoms with Gasteiger partial charge < -0.3 is 15.5 Å². The average Bonchev–Trinajstić information content (AvgIpc) is 2.79. The molecule has 0 unspecified atom stereocenters. The van der Waals surface area contributed by atoms with Crippen molar-refractivity contribution in [2.24, 2.45) is 5.92 Å². The van der Waals surface area contributed by atoms with E-state index in [-0.39, 0.29) is 35.9 Å². The van der Waals surface area contributed by atoms with Crippen molar-refractivity contribution in [1.29, 1.82) is 0 Å². The second kappa shape index (κ2) is 8.12. The largest absolute Gasteiger partial charge is 0.346 e. The van der Waals surface area contributed by atoms with E-state index in [0.29, 0.717) is 0 Å². The van der Waals surface area contributed by atoms with Gasteiger partial charge in [0.25, 0.3) is 5.91 Å². The number of hydrogen-bond donors (Lipinski definition) is 2. The number of piperidine rings is 2. The Morgan fingerprint density at radius 2 is 2.03 bits per heavy atom. The van der Waals surface area contributed by atoms with E-state index in [1.54, 1.807) is 0 Å². The highest BCUT2D eigenvalue weighted by Gasteiger charge is 2.46. The van der Waals surface area contributed by atoms with Crippen molar-refractivity contribution in [2.75, 3.05) is 13.1 Å². The van der Waals surface area contributed by atoms with Gasteiger partial charge >= 0.3 is 0 Å². The third-order valence-electron chi connectivity index (χ3n) is 7.29. The second-order valence-electron chi connectivity index (χ2n) is 9.33. The molecule has 0 aromatic heterocycles. The van der Waals surface area contributed by atoms with Crippen LogP contribution >= 0.6 is 0 Å². The molecular weight excluding hydrogens is 386 g/mol. The first-order chi connectivity index (χ1) is 15.0. The topological polar surface area (TPSA) is 61.4 Å². The third kappa shape index (κ3) is 3.65. The Balaban J connectivity index is 1.49. The molecule has 5 rings (SSSR count). The zero-order valence-electron chi connectivity index (χ0n) is 18.4. The first kappa shape index (κ1) is 20.3. The SMILES string of the molecule is Cc1cc2c(c(C(=O)N[C@H](C)c3ccccc3)c1)[C@H]1C[C@H]3NCCC[C@H]3C(=O)N1CC2. The monoisotopic (exact) mass is 417 g/mol. The minimum absolute atomic E-state index is 0.0171. The van der Waals surface area contributed by atoms with Gasteiger partial charge in [0.05, 0.1) is 18.0 Å². The Hall–Kier alpha value is -2.66. The average molecular weight is 418 g/mol. The molecule has 31 heavy (non-hydrogen) atoms. The van der Waals surface area contributed by atoms with Gasteiger partial charge in [-0.3, -0.25) is 9.59 Å². The number of nitrogens with one attached hydrogen (secondary N) is 2. The highest BCUT2D eigenvalue weighted by atomic mass is 16.2. The van der Waals surface area contributed by atoms with Crippen LogP contribution in [0, 0.1) is 12.8 Å². The second-order valence-corrected chi connectivity index (χ2v) is 9.33. The molecule has 3 aliphatic heterocycles. The van der Waals surface area contributed by atoms with E-state index in [0.717, 1.165) is 61.0 Å². The van der Waals surface area contributed by atoms with Gasteiger partial charge in [0.15, 0.2) is 0 Å². The fourth-order valence-electron chi connectivity index (χ4n) is 5.77. The molecule has 0 spiro atoms. The van der Waals surface area contributed by atoms with E-state index >= 15 is 0 Å². The molecule has 0 saturated carbocycles. The summed E-state index contributed by atoms with van der Waals surface area (Å²) in [5, 5.41) is 6.78. The molecule has 2 saturated heterocycles. The van der Waals surface area contributed by atoms with Crippen LogP contribution in [0.5, 0.6) is 0 Å². The maximum atomic E-state index is 13.5. The van der Waals surface area contributed by atoms with Gasteiger partial charge in [0, 0.05) is 18.2 Å². The molecule has 0 bridgehead atoms. The van der Waals surface area contributed by atoms with Gasteiger partial charge in [-0.05, 0) is 68.8 Å². The van der Waals surface area contributed by atoms with E-state index < -0.39 is 0 Å². The molecular formula is C26H31N3O2. The molecule has 0 aliphatic carbocycles. The van der Waals surface area contributed by atoms with Crippen LogP contribution in [0.3, 0.4) is 0 Å². The Bertz CT molecular complexity index is 1000. The van der Waals surface area contributed by atoms with E-state index in [4.69, 9.17) is 0 Å². The zero-order valence-corrected chi connectivity index (χ0v) is 18.4. The molecule has 2 aromatic carbocycles. The predicted octanol–water partition coefficient (Wildman–Crippen LogP) is 3.68. The lowest BCUT2D eigenvalue weighted by atomic mass is 9.75. The van der Waals surface area contributed by atoms with E-state index in [2.05, 4.69) is 28.5 Å². The Morgan fingerprint density at radius 3 is 2.84 bits per heavy atom. The van der Waals surface area contributed by atoms with Gasteiger partial charge in [-0.1, -0.05) is 42.0 Å². The number of amides is 2. The van der Waals surface area contributed by atoms with Crippen molar-refractivity contribution in [3.63, 3.8) is 0 Å². The first-order valence-electron chi connectivity index (χ1n) is 11.6. The van der Waals surface area contributed by atoms with Gasteiger partial charge in [-0.15, -0.1) is 0 Å². The van der Waals surface area contributed by atoms with Gasteiger partial charge in [0.1, 0.15) is 0 Å². The van der Waals surface area contributed by atoms with Crippen molar-refractivity contribution in [3.8, 4) is 0 Å². The molecule has 0 radical (unpaired) electrons. The summed E-state index contributed by atoms with van der Waals surface area (Å²) in [6.07, 6.45) is 3.74. The standard InChI is InChI=1S/C26H31N3O2/c1-16-13-19-10-12-29-23(15-22-20(26(29)31)9-6-11-27-22)24(19)21(14-16)25(30)28-17(2)18-7-4-3-5-8-18/h3-5,7-8,13-14,17,20,22-23,27H,6,9-12,15H2,1-2H3,(H,28,30)/t17-,20-,22-,23-/m1/s1. The van der Waals surface area contributed by atoms with Crippen LogP contribution in [0.2, 0.25) is 0 Å². The molecule has 2 fully saturated rings. The number of carbonyl (C=O) groups excluding carboxylic acids is 2. The number of nitrogens with zero attached hydrogens (tertiary/aromatic N) is 1. The number of benzene rings is 2. The van der Waals surface area contributed by atoms with Crippen LogP contribution in [0.25, 0.3) is 0 Å². The highest BCUT2D eigenvalue weighted by Crippen LogP contribution is 2.43. The van der Waals surface area contributed by atoms with Crippen LogP contribution in [0.4, 0.5) is 0 Å². The number of hydrogen-bond acceptors (Lipinski definition) is 3. The van der Waals surface area contributed by atoms with Crippen LogP contribution in [-0.4, -0.2) is 35.8 Å². The lowest BCUT2D eigenvalue weighted by Gasteiger charge is -2.49. The summed E-state index contributed by atoms with van der Waals surface area (Å²) >= 11 is 0. The molecule has 4 atom stereocenters. The van der Waals surface area contributed by atoms with Gasteiger partial charge in [-0.25, -0.2) is 0 Å². The number of rotatable bonds is 3. The molecule has 5 heteroatoms. The minimum Gasteiger partial charge on any atom is -0.346 e. The van der Waals surface area contributed by atoms with Crippen molar-refractivity contribution in [3.05, 3.63) is 70.3 Å². The fraction of sp³-hybridized carbons (Fsp3) is 0.462. The molecule has 3 heterocycles. The van der Waals surface area contributed by atoms with E-state index in [9.17, 15) is 9.59 Å². The summed E-state index contributed by atoms with van der Waals surface area (Å²) in [7, 11) is 0. The molecule has 2 N–H and O–H groups in total. The normalized spacial score (nSPS) is 25.8. The fourth-order valence-corrected chi connectivity index (χ4v) is 5.77. The summed E-state index contributed by atoms with van der Waals surface area (Å²) in [4.78, 5) is 28.8. The maximum absolute atomic E-state index is 13.5. The quantitative estimate of drug-likeness (QED) is 0.801. The summed E-state index contributed by atoms with van der Waals surface area (Å²) in [6.45, 7) is 5.80. The summed E-state index contributed by atoms with van der Waals surface area (Å²) in [5.74, 6) is 0.306. The minimum atomic E-state index is -0.0815. The Morgan fingerprint density at radius 1 is 1.23 bits per heavy atom. The molecule has 2 aromatic rings. The maximum Gasteiger partial charge on any atom is 0.252 e. The molecule has 3 aliphatic rings. The lowest BCUT2D eigenvalue weighted by Crippen LogP contribution is -2.58. The Kier molecular flexibility index (Phi) is 5.30. The number of aryl methyl sites for hydroxylation is 1. The molecule has 2 amide bonds. The highest BCUT2D eigenvalue weighted by molar-refractivity contribution is 5.97. The van der Waals surface area contributed by atoms with Crippen LogP contribution in [0.1, 0.15) is 70.9 Å². The van der Waals surface area contributed by atoms with Gasteiger partial charge in [-0.2, -0.15) is 0 Å². The van der Waals surface area contributed by atoms with E-state index in [1.165, 1.54) is 5.56 Å². The first-order valence-corrected chi connectivity index (χ1v) is 11.6. The van der Waals surface area contributed by atoms with Gasteiger partial charge in [0.2, 0.25) is 5.91 Å². The van der Waals surface area contributed by atoms with Crippen LogP contribution < -0.4 is 10.6 Å². The predicted molar refractivity (Wildman–Crippen MR) is 121 cm³/mol. The van der Waals surface area contributed by atoms with Crippen molar-refractivity contribution in [2.45, 2.75) is 57.7 Å². The van der Waals surface area contributed by atoms with Crippen molar-refractivity contribution < 1.29 is 9.59 Å². The summed E-state index contributed by atoms with van der Waals surface area (Å²) in [6, 6.07) is 14.4. The van der Waals surface area contributed by atoms with Crippen molar-refractivity contribution >= 4 is 11.8 Å². The van der Waals surface area contributed by atoms with Crippen LogP contribution in [-0.2, 0) is 11.2 Å². The summed E-state index contributed by atoms with van der Waals surface area (Å²) < 4.78 is 0. The summed E-state index contributed by atoms with van der Waals surface area (Å²) in [5.41, 5.74) is 5.20. The number of carbonyl (C=O) groups is 2.